The summed E-state index contributed by atoms with van der Waals surface area (Å²) in [6, 6.07) is 10.5. The van der Waals surface area contributed by atoms with Crippen molar-refractivity contribution in [1.82, 2.24) is 20.7 Å². The summed E-state index contributed by atoms with van der Waals surface area (Å²) in [4.78, 5) is 17.4. The molecule has 3 aliphatic heterocycles. The number of benzene rings is 1. The van der Waals surface area contributed by atoms with Gasteiger partial charge in [-0.1, -0.05) is 18.2 Å². The van der Waals surface area contributed by atoms with E-state index in [1.807, 2.05) is 23.1 Å². The average molecular weight is 399 g/mol. The van der Waals surface area contributed by atoms with Crippen molar-refractivity contribution in [2.24, 2.45) is 11.8 Å². The lowest BCUT2D eigenvalue weighted by atomic mass is 9.93. The summed E-state index contributed by atoms with van der Waals surface area (Å²) >= 11 is 0. The number of rotatable bonds is 4. The molecule has 2 aromatic rings. The zero-order valence-electron chi connectivity index (χ0n) is 16.8. The molecule has 0 aliphatic carbocycles. The fourth-order valence-electron chi connectivity index (χ4n) is 4.96. The van der Waals surface area contributed by atoms with Crippen LogP contribution in [0.3, 0.4) is 0 Å². The van der Waals surface area contributed by atoms with Gasteiger partial charge in [-0.25, -0.2) is 5.43 Å². The fourth-order valence-corrected chi connectivity index (χ4v) is 4.96. The first-order valence-electron chi connectivity index (χ1n) is 10.8. The van der Waals surface area contributed by atoms with Crippen LogP contribution >= 0.6 is 0 Å². The molecule has 5 rings (SSSR count). The molecule has 1 amide bonds. The van der Waals surface area contributed by atoms with Crippen LogP contribution in [0.5, 0.6) is 0 Å². The summed E-state index contributed by atoms with van der Waals surface area (Å²) in [6.45, 7) is 6.60. The minimum absolute atomic E-state index is 0.119. The van der Waals surface area contributed by atoms with Crippen LogP contribution in [-0.2, 0) is 9.53 Å². The van der Waals surface area contributed by atoms with Crippen LogP contribution < -0.4 is 10.9 Å². The van der Waals surface area contributed by atoms with Gasteiger partial charge in [-0.2, -0.15) is 0 Å². The molecule has 3 aliphatic rings. The highest BCUT2D eigenvalue weighted by Gasteiger charge is 2.35. The number of para-hydroxylation sites is 1. The van der Waals surface area contributed by atoms with Gasteiger partial charge < -0.3 is 19.0 Å². The number of likely N-dealkylation sites (tertiary alicyclic amines) is 1. The average Bonchev–Trinajstić information content (AvgIpc) is 3.40. The smallest absolute Gasteiger partial charge is 0.227 e. The van der Waals surface area contributed by atoms with E-state index in [4.69, 9.17) is 9.15 Å². The predicted molar refractivity (Wildman–Crippen MR) is 110 cm³/mol. The number of hydrogen-bond acceptors (Lipinski definition) is 6. The summed E-state index contributed by atoms with van der Waals surface area (Å²) in [6.07, 6.45) is 2.09. The van der Waals surface area contributed by atoms with Crippen LogP contribution in [0.2, 0.25) is 0 Å². The van der Waals surface area contributed by atoms with Gasteiger partial charge in [0.05, 0.1) is 25.2 Å². The second-order valence-corrected chi connectivity index (χ2v) is 8.49. The van der Waals surface area contributed by atoms with Gasteiger partial charge in [-0.3, -0.25) is 10.2 Å². The first-order valence-corrected chi connectivity index (χ1v) is 10.8. The van der Waals surface area contributed by atoms with E-state index in [2.05, 4.69) is 27.9 Å². The molecule has 0 radical (unpaired) electrons. The Hall–Kier alpha value is -1.93. The van der Waals surface area contributed by atoms with Gasteiger partial charge in [-0.15, -0.1) is 0 Å². The number of hydrogen-bond donors (Lipinski definition) is 2. The number of morpholine rings is 1. The summed E-state index contributed by atoms with van der Waals surface area (Å²) in [5.41, 5.74) is 7.65. The van der Waals surface area contributed by atoms with Crippen molar-refractivity contribution in [1.29, 1.82) is 0 Å². The van der Waals surface area contributed by atoms with Gasteiger partial charge in [-0.05, 0) is 31.5 Å². The minimum Gasteiger partial charge on any atom is -0.459 e. The fraction of sp³-hybridized carbons (Fsp3) is 0.591. The van der Waals surface area contributed by atoms with Crippen LogP contribution in [0.15, 0.2) is 34.7 Å². The van der Waals surface area contributed by atoms with Crippen molar-refractivity contribution in [3.05, 3.63) is 36.1 Å². The molecule has 3 fully saturated rings. The van der Waals surface area contributed by atoms with Crippen molar-refractivity contribution in [2.45, 2.75) is 18.9 Å². The number of carbonyl (C=O) groups excluding carboxylic acids is 1. The van der Waals surface area contributed by atoms with Crippen molar-refractivity contribution >= 4 is 16.9 Å². The topological polar surface area (TPSA) is 70.0 Å². The number of hydrazine groups is 1. The van der Waals surface area contributed by atoms with Gasteiger partial charge in [0.25, 0.3) is 0 Å². The number of furan rings is 1. The molecule has 3 saturated heterocycles. The van der Waals surface area contributed by atoms with E-state index in [9.17, 15) is 4.79 Å². The largest absolute Gasteiger partial charge is 0.459 e. The molecule has 4 heterocycles. The molecule has 0 saturated carbocycles. The molecule has 29 heavy (non-hydrogen) atoms. The van der Waals surface area contributed by atoms with Gasteiger partial charge in [0.1, 0.15) is 11.3 Å². The van der Waals surface area contributed by atoms with Gasteiger partial charge in [0, 0.05) is 44.0 Å². The zero-order valence-corrected chi connectivity index (χ0v) is 16.8. The Morgan fingerprint density at radius 1 is 1.17 bits per heavy atom. The standard InChI is InChI=1S/C22H30N4O3/c27-22(26-8-10-28-11-9-26)17-5-3-7-25(14-17)15-18-13-23-24-21(18)20-12-16-4-1-2-6-19(16)29-20/h1-2,4,6,12,17-18,21,23-24H,3,5,7-11,13-15H2. The Balaban J connectivity index is 1.23. The quantitative estimate of drug-likeness (QED) is 0.818. The van der Waals surface area contributed by atoms with Crippen molar-refractivity contribution in [3.8, 4) is 0 Å². The lowest BCUT2D eigenvalue weighted by molar-refractivity contribution is -0.141. The summed E-state index contributed by atoms with van der Waals surface area (Å²) in [5.74, 6) is 1.83. The Morgan fingerprint density at radius 2 is 2.03 bits per heavy atom. The van der Waals surface area contributed by atoms with E-state index in [1.165, 1.54) is 0 Å². The highest BCUT2D eigenvalue weighted by molar-refractivity contribution is 5.79. The van der Waals surface area contributed by atoms with E-state index in [-0.39, 0.29) is 12.0 Å². The van der Waals surface area contributed by atoms with Crippen molar-refractivity contribution in [3.63, 3.8) is 0 Å². The maximum absolute atomic E-state index is 12.9. The first-order chi connectivity index (χ1) is 14.3. The SMILES string of the molecule is O=C(C1CCCN(CC2CNNC2c2cc3ccccc3o2)C1)N1CCOCC1. The third kappa shape index (κ3) is 4.05. The summed E-state index contributed by atoms with van der Waals surface area (Å²) in [5, 5.41) is 1.14. The number of fused-ring (bicyclic) bond motifs is 1. The highest BCUT2D eigenvalue weighted by atomic mass is 16.5. The number of piperidine rings is 1. The van der Waals surface area contributed by atoms with E-state index in [1.54, 1.807) is 0 Å². The van der Waals surface area contributed by atoms with Crippen molar-refractivity contribution in [2.75, 3.05) is 52.5 Å². The first kappa shape index (κ1) is 19.1. The molecule has 7 heteroatoms. The van der Waals surface area contributed by atoms with E-state index >= 15 is 0 Å². The van der Waals surface area contributed by atoms with Crippen LogP contribution in [-0.4, -0.2) is 68.2 Å². The molecule has 156 valence electrons. The number of carbonyl (C=O) groups is 1. The van der Waals surface area contributed by atoms with E-state index in [0.717, 1.165) is 68.8 Å². The maximum atomic E-state index is 12.9. The van der Waals surface area contributed by atoms with E-state index < -0.39 is 0 Å². The van der Waals surface area contributed by atoms with Crippen LogP contribution in [0, 0.1) is 11.8 Å². The summed E-state index contributed by atoms with van der Waals surface area (Å²) < 4.78 is 11.5. The highest BCUT2D eigenvalue weighted by Crippen LogP contribution is 2.31. The molecule has 1 aromatic carbocycles. The molecular formula is C22H30N4O3. The normalized spacial score (nSPS) is 28.8. The zero-order chi connectivity index (χ0) is 19.6. The molecule has 0 bridgehead atoms. The minimum atomic E-state index is 0.119. The van der Waals surface area contributed by atoms with E-state index in [0.29, 0.717) is 25.0 Å². The molecule has 3 atom stereocenters. The van der Waals surface area contributed by atoms with Crippen LogP contribution in [0.25, 0.3) is 11.0 Å². The number of nitrogens with zero attached hydrogens (tertiary/aromatic N) is 2. The van der Waals surface area contributed by atoms with Crippen LogP contribution in [0.4, 0.5) is 0 Å². The van der Waals surface area contributed by atoms with Gasteiger partial charge in [0.15, 0.2) is 0 Å². The third-order valence-corrected chi connectivity index (χ3v) is 6.51. The lowest BCUT2D eigenvalue weighted by Gasteiger charge is -2.37. The molecular weight excluding hydrogens is 368 g/mol. The molecule has 7 nitrogen and oxygen atoms in total. The second kappa shape index (κ2) is 8.44. The maximum Gasteiger partial charge on any atom is 0.227 e. The molecule has 2 N–H and O–H groups in total. The monoisotopic (exact) mass is 398 g/mol. The lowest BCUT2D eigenvalue weighted by Crippen LogP contribution is -2.49. The van der Waals surface area contributed by atoms with Crippen molar-refractivity contribution < 1.29 is 13.9 Å². The number of nitrogens with one attached hydrogen (secondary N) is 2. The molecule has 0 spiro atoms. The third-order valence-electron chi connectivity index (χ3n) is 6.51. The second-order valence-electron chi connectivity index (χ2n) is 8.49. The van der Waals surface area contributed by atoms with Gasteiger partial charge in [0.2, 0.25) is 5.91 Å². The number of amides is 1. The predicted octanol–water partition coefficient (Wildman–Crippen LogP) is 1.77. The van der Waals surface area contributed by atoms with Crippen LogP contribution in [0.1, 0.15) is 24.6 Å². The Bertz CT molecular complexity index is 814. The molecule has 3 unspecified atom stereocenters. The Morgan fingerprint density at radius 3 is 2.90 bits per heavy atom. The van der Waals surface area contributed by atoms with Gasteiger partial charge >= 0.3 is 0 Å². The summed E-state index contributed by atoms with van der Waals surface area (Å²) in [7, 11) is 0. The Labute approximate surface area is 171 Å². The Kier molecular flexibility index (Phi) is 5.54. The number of ether oxygens (including phenoxy) is 1. The molecule has 1 aromatic heterocycles.